The fraction of sp³-hybridized carbons (Fsp3) is 0.231. The normalized spacial score (nSPS) is 10.5. The van der Waals surface area contributed by atoms with Gasteiger partial charge in [0.15, 0.2) is 0 Å². The summed E-state index contributed by atoms with van der Waals surface area (Å²) in [7, 11) is 3.87. The number of aryl methyl sites for hydroxylation is 1. The highest BCUT2D eigenvalue weighted by Crippen LogP contribution is 2.27. The Bertz CT molecular complexity index is 605. The minimum absolute atomic E-state index is 0.0349. The van der Waals surface area contributed by atoms with Crippen molar-refractivity contribution in [2.45, 2.75) is 6.54 Å². The Morgan fingerprint density at radius 1 is 1.53 bits per heavy atom. The van der Waals surface area contributed by atoms with Crippen LogP contribution in [0.1, 0.15) is 11.4 Å². The number of hydrogen-bond donors (Lipinski definition) is 2. The molecule has 19 heavy (non-hydrogen) atoms. The Balaban J connectivity index is 2.34. The first-order chi connectivity index (χ1) is 9.00. The van der Waals surface area contributed by atoms with Crippen molar-refractivity contribution in [2.24, 2.45) is 12.8 Å². The van der Waals surface area contributed by atoms with E-state index in [9.17, 15) is 0 Å². The molecule has 0 saturated heterocycles. The number of nitrogens with one attached hydrogen (secondary N) is 1. The summed E-state index contributed by atoms with van der Waals surface area (Å²) in [6.07, 6.45) is 3.65. The van der Waals surface area contributed by atoms with Crippen LogP contribution in [0.3, 0.4) is 0 Å². The molecule has 0 saturated carbocycles. The number of halogens is 1. The lowest BCUT2D eigenvalue weighted by Crippen LogP contribution is -2.23. The molecule has 0 aliphatic heterocycles. The Hall–Kier alpha value is -2.01. The van der Waals surface area contributed by atoms with Crippen molar-refractivity contribution < 1.29 is 0 Å². The molecule has 0 bridgehead atoms. The number of nitrogens with two attached hydrogens (primary N) is 1. The number of anilines is 1. The van der Waals surface area contributed by atoms with Crippen molar-refractivity contribution in [1.82, 2.24) is 9.55 Å². The summed E-state index contributed by atoms with van der Waals surface area (Å²) in [4.78, 5) is 6.26. The second kappa shape index (κ2) is 5.32. The smallest absolute Gasteiger partial charge is 0.127 e. The number of nitrogens with zero attached hydrogens (tertiary/aromatic N) is 3. The van der Waals surface area contributed by atoms with Crippen LogP contribution in [0.5, 0.6) is 0 Å². The van der Waals surface area contributed by atoms with E-state index in [1.807, 2.05) is 41.9 Å². The minimum Gasteiger partial charge on any atom is -0.384 e. The van der Waals surface area contributed by atoms with E-state index in [0.29, 0.717) is 17.1 Å². The van der Waals surface area contributed by atoms with Gasteiger partial charge in [0.05, 0.1) is 17.1 Å². The lowest BCUT2D eigenvalue weighted by Gasteiger charge is -2.22. The summed E-state index contributed by atoms with van der Waals surface area (Å²) < 4.78 is 1.95. The zero-order chi connectivity index (χ0) is 14.0. The summed E-state index contributed by atoms with van der Waals surface area (Å²) in [6, 6.07) is 5.47. The third-order valence-electron chi connectivity index (χ3n) is 2.97. The number of aromatic nitrogens is 2. The van der Waals surface area contributed by atoms with Crippen LogP contribution in [0.15, 0.2) is 30.6 Å². The number of rotatable bonds is 4. The highest BCUT2D eigenvalue weighted by Gasteiger charge is 2.14. The highest BCUT2D eigenvalue weighted by molar-refractivity contribution is 6.34. The van der Waals surface area contributed by atoms with E-state index in [4.69, 9.17) is 22.7 Å². The van der Waals surface area contributed by atoms with Crippen molar-refractivity contribution in [3.05, 3.63) is 47.0 Å². The molecular weight excluding hydrogens is 262 g/mol. The van der Waals surface area contributed by atoms with Crippen molar-refractivity contribution in [1.29, 1.82) is 5.41 Å². The standard InChI is InChI=1S/C13H16ClN5/c1-18-7-6-17-11(18)8-19(2)10-5-3-4-9(14)12(10)13(15)16/h3-7H,8H2,1-2H3,(H3,15,16). The number of hydrogen-bond acceptors (Lipinski definition) is 3. The van der Waals surface area contributed by atoms with Crippen molar-refractivity contribution >= 4 is 23.1 Å². The van der Waals surface area contributed by atoms with Crippen molar-refractivity contribution in [2.75, 3.05) is 11.9 Å². The van der Waals surface area contributed by atoms with Crippen LogP contribution in [0.4, 0.5) is 5.69 Å². The molecule has 2 rings (SSSR count). The molecule has 5 nitrogen and oxygen atoms in total. The lowest BCUT2D eigenvalue weighted by atomic mass is 10.1. The monoisotopic (exact) mass is 277 g/mol. The molecule has 0 amide bonds. The molecule has 3 N–H and O–H groups in total. The molecule has 2 aromatic rings. The van der Waals surface area contributed by atoms with E-state index < -0.39 is 0 Å². The molecule has 0 aliphatic rings. The van der Waals surface area contributed by atoms with Gasteiger partial charge >= 0.3 is 0 Å². The number of benzene rings is 1. The van der Waals surface area contributed by atoms with Crippen LogP contribution < -0.4 is 10.6 Å². The fourth-order valence-electron chi connectivity index (χ4n) is 1.94. The first kappa shape index (κ1) is 13.4. The maximum absolute atomic E-state index is 7.65. The highest BCUT2D eigenvalue weighted by atomic mass is 35.5. The third-order valence-corrected chi connectivity index (χ3v) is 3.29. The van der Waals surface area contributed by atoms with E-state index in [1.54, 1.807) is 12.3 Å². The van der Waals surface area contributed by atoms with Gasteiger partial charge in [0, 0.05) is 32.2 Å². The summed E-state index contributed by atoms with van der Waals surface area (Å²) in [5.74, 6) is 0.893. The third kappa shape index (κ3) is 2.71. The Morgan fingerprint density at radius 2 is 2.26 bits per heavy atom. The van der Waals surface area contributed by atoms with Crippen LogP contribution in [0.25, 0.3) is 0 Å². The first-order valence-corrected chi connectivity index (χ1v) is 6.18. The maximum Gasteiger partial charge on any atom is 0.127 e. The maximum atomic E-state index is 7.65. The van der Waals surface area contributed by atoms with Gasteiger partial charge in [0.2, 0.25) is 0 Å². The van der Waals surface area contributed by atoms with E-state index in [1.165, 1.54) is 0 Å². The van der Waals surface area contributed by atoms with Crippen LogP contribution in [0, 0.1) is 5.41 Å². The zero-order valence-electron chi connectivity index (χ0n) is 10.9. The molecule has 1 heterocycles. The second-order valence-corrected chi connectivity index (χ2v) is 4.77. The number of imidazole rings is 1. The summed E-state index contributed by atoms with van der Waals surface area (Å²) in [5.41, 5.74) is 6.99. The molecule has 0 fully saturated rings. The summed E-state index contributed by atoms with van der Waals surface area (Å²) in [5, 5.41) is 8.13. The molecule has 100 valence electrons. The quantitative estimate of drug-likeness (QED) is 0.663. The van der Waals surface area contributed by atoms with Crippen LogP contribution >= 0.6 is 11.6 Å². The van der Waals surface area contributed by atoms with Crippen molar-refractivity contribution in [3.63, 3.8) is 0 Å². The predicted octanol–water partition coefficient (Wildman–Crippen LogP) is 1.99. The summed E-state index contributed by atoms with van der Waals surface area (Å²) in [6.45, 7) is 0.615. The lowest BCUT2D eigenvalue weighted by molar-refractivity contribution is 0.761. The molecule has 1 aromatic heterocycles. The molecule has 0 unspecified atom stereocenters. The summed E-state index contributed by atoms with van der Waals surface area (Å²) >= 11 is 6.11. The van der Waals surface area contributed by atoms with Gasteiger partial charge in [0.1, 0.15) is 11.7 Å². The van der Waals surface area contributed by atoms with E-state index in [2.05, 4.69) is 4.98 Å². The Kier molecular flexibility index (Phi) is 3.76. The molecule has 6 heteroatoms. The van der Waals surface area contributed by atoms with Gasteiger partial charge in [-0.05, 0) is 12.1 Å². The van der Waals surface area contributed by atoms with E-state index in [0.717, 1.165) is 11.5 Å². The first-order valence-electron chi connectivity index (χ1n) is 5.81. The van der Waals surface area contributed by atoms with Gasteiger partial charge < -0.3 is 15.2 Å². The number of amidine groups is 1. The van der Waals surface area contributed by atoms with Gasteiger partial charge in [-0.2, -0.15) is 0 Å². The van der Waals surface area contributed by atoms with E-state index >= 15 is 0 Å². The van der Waals surface area contributed by atoms with Gasteiger partial charge in [-0.3, -0.25) is 5.41 Å². The molecule has 1 aromatic carbocycles. The topological polar surface area (TPSA) is 70.9 Å². The van der Waals surface area contributed by atoms with Gasteiger partial charge in [0.25, 0.3) is 0 Å². The minimum atomic E-state index is -0.0349. The fourth-order valence-corrected chi connectivity index (χ4v) is 2.21. The molecule has 0 spiro atoms. The van der Waals surface area contributed by atoms with Crippen LogP contribution in [0.2, 0.25) is 5.02 Å². The zero-order valence-corrected chi connectivity index (χ0v) is 11.6. The van der Waals surface area contributed by atoms with Gasteiger partial charge in [-0.25, -0.2) is 4.98 Å². The Morgan fingerprint density at radius 3 is 2.84 bits per heavy atom. The van der Waals surface area contributed by atoms with Gasteiger partial charge in [-0.1, -0.05) is 17.7 Å². The predicted molar refractivity (Wildman–Crippen MR) is 77.8 cm³/mol. The van der Waals surface area contributed by atoms with Crippen molar-refractivity contribution in [3.8, 4) is 0 Å². The number of nitrogen functional groups attached to an aromatic ring is 1. The SMILES string of the molecule is CN(Cc1nccn1C)c1cccc(Cl)c1C(=N)N. The Labute approximate surface area is 117 Å². The largest absolute Gasteiger partial charge is 0.384 e. The molecule has 0 aliphatic carbocycles. The van der Waals surface area contributed by atoms with Gasteiger partial charge in [-0.15, -0.1) is 0 Å². The molecule has 0 atom stereocenters. The van der Waals surface area contributed by atoms with Crippen LogP contribution in [-0.4, -0.2) is 22.4 Å². The second-order valence-electron chi connectivity index (χ2n) is 4.36. The molecular formula is C13H16ClN5. The molecule has 0 radical (unpaired) electrons. The average Bonchev–Trinajstić information content (AvgIpc) is 2.74. The van der Waals surface area contributed by atoms with Crippen LogP contribution in [-0.2, 0) is 13.6 Å². The van der Waals surface area contributed by atoms with E-state index in [-0.39, 0.29) is 5.84 Å². The average molecular weight is 278 g/mol.